The van der Waals surface area contributed by atoms with Gasteiger partial charge in [-0.2, -0.15) is 0 Å². The maximum atomic E-state index is 12.0. The van der Waals surface area contributed by atoms with Crippen LogP contribution in [-0.2, 0) is 11.3 Å². The monoisotopic (exact) mass is 239 g/mol. The zero-order valence-corrected chi connectivity index (χ0v) is 10.5. The molecular formula is C11H17N3OS. The van der Waals surface area contributed by atoms with Crippen LogP contribution in [0, 0.1) is 6.92 Å². The van der Waals surface area contributed by atoms with Crippen LogP contribution in [0.5, 0.6) is 0 Å². The molecule has 1 aromatic rings. The first kappa shape index (κ1) is 11.5. The average Bonchev–Trinajstić information content (AvgIpc) is 2.85. The Kier molecular flexibility index (Phi) is 3.25. The van der Waals surface area contributed by atoms with E-state index < -0.39 is 0 Å². The van der Waals surface area contributed by atoms with Crippen LogP contribution < -0.4 is 10.6 Å². The smallest absolute Gasteiger partial charge is 0.240 e. The number of aryl methyl sites for hydroxylation is 1. The van der Waals surface area contributed by atoms with Crippen molar-refractivity contribution in [3.8, 4) is 0 Å². The van der Waals surface area contributed by atoms with E-state index in [9.17, 15) is 4.79 Å². The molecule has 88 valence electrons. The Morgan fingerprint density at radius 1 is 1.75 bits per heavy atom. The van der Waals surface area contributed by atoms with Crippen molar-refractivity contribution < 1.29 is 4.79 Å². The van der Waals surface area contributed by atoms with Crippen molar-refractivity contribution in [2.75, 3.05) is 6.54 Å². The fourth-order valence-electron chi connectivity index (χ4n) is 1.94. The Bertz CT molecular complexity index is 382. The summed E-state index contributed by atoms with van der Waals surface area (Å²) in [6.07, 6.45) is 3.81. The van der Waals surface area contributed by atoms with Crippen LogP contribution in [0.2, 0.25) is 0 Å². The Balaban J connectivity index is 1.88. The predicted octanol–water partition coefficient (Wildman–Crippen LogP) is 1.21. The number of carbonyl (C=O) groups excluding carboxylic acids is 1. The number of nitrogens with zero attached hydrogens (tertiary/aromatic N) is 1. The van der Waals surface area contributed by atoms with Crippen LogP contribution in [0.15, 0.2) is 6.20 Å². The van der Waals surface area contributed by atoms with E-state index in [-0.39, 0.29) is 11.4 Å². The second-order valence-corrected chi connectivity index (χ2v) is 5.71. The molecule has 0 radical (unpaired) electrons. The standard InChI is InChI=1S/C11H17N3OS/c1-8-12-6-9(16-8)7-13-10(15)11(2)4-3-5-14-11/h6,14H,3-5,7H2,1-2H3,(H,13,15). The lowest BCUT2D eigenvalue weighted by atomic mass is 9.99. The van der Waals surface area contributed by atoms with Gasteiger partial charge in [-0.25, -0.2) is 4.98 Å². The number of aromatic nitrogens is 1. The minimum Gasteiger partial charge on any atom is -0.350 e. The fourth-order valence-corrected chi connectivity index (χ4v) is 2.67. The normalized spacial score (nSPS) is 24.6. The van der Waals surface area contributed by atoms with Gasteiger partial charge < -0.3 is 10.6 Å². The van der Waals surface area contributed by atoms with E-state index in [4.69, 9.17) is 0 Å². The van der Waals surface area contributed by atoms with Crippen LogP contribution in [0.1, 0.15) is 29.7 Å². The molecule has 1 amide bonds. The van der Waals surface area contributed by atoms with Gasteiger partial charge in [-0.3, -0.25) is 4.79 Å². The lowest BCUT2D eigenvalue weighted by molar-refractivity contribution is -0.126. The van der Waals surface area contributed by atoms with Crippen LogP contribution in [0.3, 0.4) is 0 Å². The first-order valence-electron chi connectivity index (χ1n) is 5.55. The summed E-state index contributed by atoms with van der Waals surface area (Å²) in [7, 11) is 0. The second-order valence-electron chi connectivity index (χ2n) is 4.39. The highest BCUT2D eigenvalue weighted by atomic mass is 32.1. The third-order valence-electron chi connectivity index (χ3n) is 2.96. The van der Waals surface area contributed by atoms with Crippen LogP contribution in [0.25, 0.3) is 0 Å². The molecule has 2 rings (SSSR count). The molecule has 2 heterocycles. The van der Waals surface area contributed by atoms with E-state index in [2.05, 4.69) is 15.6 Å². The van der Waals surface area contributed by atoms with E-state index in [1.54, 1.807) is 11.3 Å². The molecule has 0 saturated carbocycles. The average molecular weight is 239 g/mol. The van der Waals surface area contributed by atoms with Gasteiger partial charge in [0.05, 0.1) is 17.1 Å². The summed E-state index contributed by atoms with van der Waals surface area (Å²) >= 11 is 1.62. The quantitative estimate of drug-likeness (QED) is 0.833. The third kappa shape index (κ3) is 2.41. The number of thiazole rings is 1. The van der Waals surface area contributed by atoms with E-state index in [0.717, 1.165) is 29.3 Å². The number of hydrogen-bond acceptors (Lipinski definition) is 4. The summed E-state index contributed by atoms with van der Waals surface area (Å²) in [4.78, 5) is 17.2. The highest BCUT2D eigenvalue weighted by Gasteiger charge is 2.35. The lowest BCUT2D eigenvalue weighted by Crippen LogP contribution is -2.50. The molecule has 4 nitrogen and oxygen atoms in total. The minimum absolute atomic E-state index is 0.0936. The Morgan fingerprint density at radius 2 is 2.56 bits per heavy atom. The minimum atomic E-state index is -0.375. The number of nitrogens with one attached hydrogen (secondary N) is 2. The molecule has 0 bridgehead atoms. The SMILES string of the molecule is Cc1ncc(CNC(=O)C2(C)CCCN2)s1. The van der Waals surface area contributed by atoms with E-state index in [1.807, 2.05) is 20.0 Å². The van der Waals surface area contributed by atoms with Gasteiger partial charge in [-0.15, -0.1) is 11.3 Å². The van der Waals surface area contributed by atoms with Crippen molar-refractivity contribution in [2.45, 2.75) is 38.8 Å². The molecule has 0 aliphatic carbocycles. The zero-order chi connectivity index (χ0) is 11.6. The molecule has 1 aliphatic rings. The summed E-state index contributed by atoms with van der Waals surface area (Å²) in [6.45, 7) is 5.45. The lowest BCUT2D eigenvalue weighted by Gasteiger charge is -2.22. The fraction of sp³-hybridized carbons (Fsp3) is 0.636. The largest absolute Gasteiger partial charge is 0.350 e. The maximum Gasteiger partial charge on any atom is 0.240 e. The topological polar surface area (TPSA) is 54.0 Å². The molecule has 1 unspecified atom stereocenters. The van der Waals surface area contributed by atoms with Gasteiger partial charge in [0.2, 0.25) is 5.91 Å². The molecule has 1 saturated heterocycles. The van der Waals surface area contributed by atoms with Gasteiger partial charge in [-0.1, -0.05) is 0 Å². The highest BCUT2D eigenvalue weighted by Crippen LogP contribution is 2.19. The van der Waals surface area contributed by atoms with E-state index >= 15 is 0 Å². The van der Waals surface area contributed by atoms with Gasteiger partial charge in [0.25, 0.3) is 0 Å². The summed E-state index contributed by atoms with van der Waals surface area (Å²) in [5.41, 5.74) is -0.375. The molecular weight excluding hydrogens is 222 g/mol. The summed E-state index contributed by atoms with van der Waals surface area (Å²) in [5.74, 6) is 0.0936. The van der Waals surface area contributed by atoms with Gasteiger partial charge in [-0.05, 0) is 33.2 Å². The third-order valence-corrected chi connectivity index (χ3v) is 3.87. The zero-order valence-electron chi connectivity index (χ0n) is 9.67. The van der Waals surface area contributed by atoms with Gasteiger partial charge in [0.1, 0.15) is 0 Å². The maximum absolute atomic E-state index is 12.0. The Hall–Kier alpha value is -0.940. The molecule has 1 atom stereocenters. The molecule has 2 N–H and O–H groups in total. The number of rotatable bonds is 3. The van der Waals surface area contributed by atoms with Crippen molar-refractivity contribution in [3.05, 3.63) is 16.1 Å². The summed E-state index contributed by atoms with van der Waals surface area (Å²) in [6, 6.07) is 0. The van der Waals surface area contributed by atoms with Gasteiger partial charge in [0.15, 0.2) is 0 Å². The predicted molar refractivity (Wildman–Crippen MR) is 64.3 cm³/mol. The molecule has 16 heavy (non-hydrogen) atoms. The molecule has 0 spiro atoms. The van der Waals surface area contributed by atoms with E-state index in [1.165, 1.54) is 0 Å². The first-order valence-corrected chi connectivity index (χ1v) is 6.36. The van der Waals surface area contributed by atoms with E-state index in [0.29, 0.717) is 6.54 Å². The highest BCUT2D eigenvalue weighted by molar-refractivity contribution is 7.11. The summed E-state index contributed by atoms with van der Waals surface area (Å²) in [5, 5.41) is 7.25. The number of carbonyl (C=O) groups is 1. The second kappa shape index (κ2) is 4.51. The van der Waals surface area contributed by atoms with Crippen LogP contribution in [-0.4, -0.2) is 23.0 Å². The summed E-state index contributed by atoms with van der Waals surface area (Å²) < 4.78 is 0. The molecule has 1 aromatic heterocycles. The Morgan fingerprint density at radius 3 is 3.12 bits per heavy atom. The number of hydrogen-bond donors (Lipinski definition) is 2. The molecule has 0 aromatic carbocycles. The van der Waals surface area contributed by atoms with Gasteiger partial charge in [0, 0.05) is 11.1 Å². The van der Waals surface area contributed by atoms with Crippen LogP contribution >= 0.6 is 11.3 Å². The van der Waals surface area contributed by atoms with Gasteiger partial charge >= 0.3 is 0 Å². The van der Waals surface area contributed by atoms with Crippen molar-refractivity contribution in [3.63, 3.8) is 0 Å². The van der Waals surface area contributed by atoms with Crippen molar-refractivity contribution in [1.29, 1.82) is 0 Å². The molecule has 1 fully saturated rings. The molecule has 1 aliphatic heterocycles. The first-order chi connectivity index (χ1) is 7.60. The molecule has 5 heteroatoms. The number of amides is 1. The van der Waals surface area contributed by atoms with Crippen LogP contribution in [0.4, 0.5) is 0 Å². The van der Waals surface area contributed by atoms with Crippen molar-refractivity contribution in [1.82, 2.24) is 15.6 Å². The Labute approximate surface area is 99.5 Å². The van der Waals surface area contributed by atoms with Crippen molar-refractivity contribution >= 4 is 17.2 Å². The van der Waals surface area contributed by atoms with Crippen molar-refractivity contribution in [2.24, 2.45) is 0 Å².